The number of unbranched alkanes of at least 4 members (excludes halogenated alkanes) is 1. The van der Waals surface area contributed by atoms with Gasteiger partial charge in [-0.2, -0.15) is 0 Å². The van der Waals surface area contributed by atoms with E-state index in [-0.39, 0.29) is 0 Å². The molecule has 1 aromatic carbocycles. The monoisotopic (exact) mass is 211 g/mol. The number of aryl methyl sites for hydroxylation is 1. The Morgan fingerprint density at radius 2 is 1.47 bits per heavy atom. The van der Waals surface area contributed by atoms with Crippen LogP contribution in [0.25, 0.3) is 0 Å². The van der Waals surface area contributed by atoms with Gasteiger partial charge in [0.15, 0.2) is 0 Å². The molecule has 2 heteroatoms. The van der Waals surface area contributed by atoms with Crippen molar-refractivity contribution in [3.05, 3.63) is 29.8 Å². The van der Waals surface area contributed by atoms with E-state index in [1.807, 2.05) is 39.2 Å². The van der Waals surface area contributed by atoms with Crippen molar-refractivity contribution in [1.29, 1.82) is 0 Å². The van der Waals surface area contributed by atoms with E-state index in [0.29, 0.717) is 5.75 Å². The highest BCUT2D eigenvalue weighted by atomic mass is 16.3. The third-order valence-corrected chi connectivity index (χ3v) is 1.62. The lowest BCUT2D eigenvalue weighted by atomic mass is 10.2. The second-order valence-corrected chi connectivity index (χ2v) is 3.29. The highest BCUT2D eigenvalue weighted by Crippen LogP contribution is 2.12. The minimum Gasteiger partial charge on any atom is -0.508 e. The standard InChI is InChI=1S/C7H8O.C4H10.C2H7N/c1-6-4-2-3-5-7(6)8;1-3-4-2;1-3-2/h2-5,8H,1H3;3-4H2,1-2H3;3H,1-2H3. The van der Waals surface area contributed by atoms with Crippen LogP contribution in [0.4, 0.5) is 0 Å². The first-order valence-electron chi connectivity index (χ1n) is 5.47. The summed E-state index contributed by atoms with van der Waals surface area (Å²) in [4.78, 5) is 0. The van der Waals surface area contributed by atoms with Gasteiger partial charge in [0.1, 0.15) is 5.75 Å². The lowest BCUT2D eigenvalue weighted by Gasteiger charge is -1.92. The van der Waals surface area contributed by atoms with Crippen LogP contribution in [0.2, 0.25) is 0 Å². The fourth-order valence-electron chi connectivity index (χ4n) is 0.563. The quantitative estimate of drug-likeness (QED) is 0.746. The van der Waals surface area contributed by atoms with Crippen molar-refractivity contribution in [2.24, 2.45) is 0 Å². The summed E-state index contributed by atoms with van der Waals surface area (Å²) in [5, 5.41) is 11.7. The zero-order valence-corrected chi connectivity index (χ0v) is 10.7. The lowest BCUT2D eigenvalue weighted by Crippen LogP contribution is -1.89. The minimum absolute atomic E-state index is 0.368. The van der Waals surface area contributed by atoms with Crippen molar-refractivity contribution < 1.29 is 5.11 Å². The summed E-state index contributed by atoms with van der Waals surface area (Å²) in [6.07, 6.45) is 2.64. The molecule has 0 aliphatic rings. The number of hydrogen-bond acceptors (Lipinski definition) is 2. The Morgan fingerprint density at radius 3 is 1.67 bits per heavy atom. The van der Waals surface area contributed by atoms with Crippen LogP contribution >= 0.6 is 0 Å². The molecule has 0 aromatic heterocycles. The molecule has 0 aliphatic carbocycles. The van der Waals surface area contributed by atoms with Crippen molar-refractivity contribution >= 4 is 0 Å². The van der Waals surface area contributed by atoms with E-state index in [9.17, 15) is 0 Å². The molecule has 0 amide bonds. The van der Waals surface area contributed by atoms with Crippen LogP contribution in [0.3, 0.4) is 0 Å². The number of phenolic OH excluding ortho intramolecular Hbond substituents is 1. The molecule has 0 spiro atoms. The molecule has 1 rings (SSSR count). The zero-order valence-electron chi connectivity index (χ0n) is 10.7. The van der Waals surface area contributed by atoms with E-state index >= 15 is 0 Å². The van der Waals surface area contributed by atoms with Gasteiger partial charge in [-0.05, 0) is 32.6 Å². The molecule has 0 saturated carbocycles. The van der Waals surface area contributed by atoms with Crippen molar-refractivity contribution in [3.63, 3.8) is 0 Å². The number of aromatic hydroxyl groups is 1. The Labute approximate surface area is 94.3 Å². The summed E-state index contributed by atoms with van der Waals surface area (Å²) in [6.45, 7) is 6.23. The molecular formula is C13H25NO. The minimum atomic E-state index is 0.368. The second-order valence-electron chi connectivity index (χ2n) is 3.29. The molecule has 0 heterocycles. The van der Waals surface area contributed by atoms with Gasteiger partial charge >= 0.3 is 0 Å². The van der Waals surface area contributed by atoms with Gasteiger partial charge in [0, 0.05) is 0 Å². The van der Waals surface area contributed by atoms with E-state index in [4.69, 9.17) is 5.11 Å². The van der Waals surface area contributed by atoms with E-state index in [2.05, 4.69) is 19.2 Å². The molecule has 1 aromatic rings. The van der Waals surface area contributed by atoms with E-state index in [1.54, 1.807) is 6.07 Å². The average Bonchev–Trinajstić information content (AvgIpc) is 2.24. The van der Waals surface area contributed by atoms with Gasteiger partial charge in [0.2, 0.25) is 0 Å². The van der Waals surface area contributed by atoms with Crippen LogP contribution in [0, 0.1) is 6.92 Å². The second kappa shape index (κ2) is 13.0. The van der Waals surface area contributed by atoms with Gasteiger partial charge in [-0.25, -0.2) is 0 Å². The lowest BCUT2D eigenvalue weighted by molar-refractivity contribution is 0.471. The van der Waals surface area contributed by atoms with Crippen molar-refractivity contribution in [1.82, 2.24) is 5.32 Å². The van der Waals surface area contributed by atoms with Gasteiger partial charge in [0.05, 0.1) is 0 Å². The summed E-state index contributed by atoms with van der Waals surface area (Å²) < 4.78 is 0. The van der Waals surface area contributed by atoms with Crippen LogP contribution in [0.5, 0.6) is 5.75 Å². The highest BCUT2D eigenvalue weighted by Gasteiger charge is 1.86. The van der Waals surface area contributed by atoms with Crippen molar-refractivity contribution in [2.75, 3.05) is 14.1 Å². The molecule has 0 atom stereocenters. The number of phenols is 1. The largest absolute Gasteiger partial charge is 0.508 e. The predicted molar refractivity (Wildman–Crippen MR) is 68.4 cm³/mol. The van der Waals surface area contributed by atoms with E-state index in [1.165, 1.54) is 12.8 Å². The number of rotatable bonds is 1. The smallest absolute Gasteiger partial charge is 0.118 e. The van der Waals surface area contributed by atoms with Gasteiger partial charge in [-0.1, -0.05) is 44.9 Å². The zero-order chi connectivity index (χ0) is 12.1. The van der Waals surface area contributed by atoms with Crippen LogP contribution in [0.1, 0.15) is 32.3 Å². The molecule has 0 saturated heterocycles. The maximum Gasteiger partial charge on any atom is 0.118 e. The van der Waals surface area contributed by atoms with E-state index < -0.39 is 0 Å². The number of benzene rings is 1. The average molecular weight is 211 g/mol. The van der Waals surface area contributed by atoms with Crippen LogP contribution in [-0.2, 0) is 0 Å². The Kier molecular flexibility index (Phi) is 14.2. The Balaban J connectivity index is 0. The third-order valence-electron chi connectivity index (χ3n) is 1.62. The molecule has 2 N–H and O–H groups in total. The first-order chi connectivity index (χ1) is 7.13. The molecule has 0 radical (unpaired) electrons. The van der Waals surface area contributed by atoms with Gasteiger partial charge < -0.3 is 10.4 Å². The molecule has 0 fully saturated rings. The van der Waals surface area contributed by atoms with Gasteiger partial charge in [-0.15, -0.1) is 0 Å². The summed E-state index contributed by atoms with van der Waals surface area (Å²) >= 11 is 0. The first-order valence-corrected chi connectivity index (χ1v) is 5.47. The normalized spacial score (nSPS) is 8.07. The van der Waals surface area contributed by atoms with Crippen LogP contribution < -0.4 is 5.32 Å². The first kappa shape index (κ1) is 16.4. The maximum atomic E-state index is 8.92. The van der Waals surface area contributed by atoms with Crippen molar-refractivity contribution in [3.8, 4) is 5.75 Å². The third kappa shape index (κ3) is 13.0. The fraction of sp³-hybridized carbons (Fsp3) is 0.538. The Morgan fingerprint density at radius 1 is 1.07 bits per heavy atom. The molecule has 0 aliphatic heterocycles. The summed E-state index contributed by atoms with van der Waals surface area (Å²) in [5.41, 5.74) is 0.924. The fourth-order valence-corrected chi connectivity index (χ4v) is 0.563. The molecule has 88 valence electrons. The summed E-state index contributed by atoms with van der Waals surface area (Å²) in [6, 6.07) is 7.25. The van der Waals surface area contributed by atoms with Crippen molar-refractivity contribution in [2.45, 2.75) is 33.6 Å². The molecule has 2 nitrogen and oxygen atoms in total. The number of hydrogen-bond donors (Lipinski definition) is 2. The number of para-hydroxylation sites is 1. The highest BCUT2D eigenvalue weighted by molar-refractivity contribution is 5.29. The van der Waals surface area contributed by atoms with Crippen LogP contribution in [-0.4, -0.2) is 19.2 Å². The van der Waals surface area contributed by atoms with Gasteiger partial charge in [-0.3, -0.25) is 0 Å². The Bertz CT molecular complexity index is 201. The molecule has 0 unspecified atom stereocenters. The summed E-state index contributed by atoms with van der Waals surface area (Å²) in [7, 11) is 3.75. The molecule has 15 heavy (non-hydrogen) atoms. The topological polar surface area (TPSA) is 32.3 Å². The predicted octanol–water partition coefficient (Wildman–Crippen LogP) is 3.34. The molecular weight excluding hydrogens is 186 g/mol. The Hall–Kier alpha value is -1.02. The number of nitrogens with one attached hydrogen (secondary N) is 1. The maximum absolute atomic E-state index is 8.92. The van der Waals surface area contributed by atoms with Crippen LogP contribution in [0.15, 0.2) is 24.3 Å². The SMILES string of the molecule is CCCC.CNC.Cc1ccccc1O. The molecule has 0 bridgehead atoms. The van der Waals surface area contributed by atoms with E-state index in [0.717, 1.165) is 5.56 Å². The summed E-state index contributed by atoms with van der Waals surface area (Å²) in [5.74, 6) is 0.368. The van der Waals surface area contributed by atoms with Gasteiger partial charge in [0.25, 0.3) is 0 Å².